The summed E-state index contributed by atoms with van der Waals surface area (Å²) >= 11 is 0. The Morgan fingerprint density at radius 1 is 0.956 bits per heavy atom. The second-order valence-electron chi connectivity index (χ2n) is 13.0. The van der Waals surface area contributed by atoms with Gasteiger partial charge in [0.2, 0.25) is 17.7 Å². The molecule has 8 nitrogen and oxygen atoms in total. The van der Waals surface area contributed by atoms with E-state index in [9.17, 15) is 19.5 Å². The first kappa shape index (κ1) is 31.2. The molecule has 2 unspecified atom stereocenters. The Bertz CT molecular complexity index is 1390. The van der Waals surface area contributed by atoms with Gasteiger partial charge in [0.05, 0.1) is 30.6 Å². The minimum Gasteiger partial charge on any atom is -0.394 e. The Kier molecular flexibility index (Phi) is 9.24. The molecule has 3 amide bonds. The van der Waals surface area contributed by atoms with Crippen LogP contribution in [0.1, 0.15) is 50.5 Å². The summed E-state index contributed by atoms with van der Waals surface area (Å²) in [5.41, 5.74) is 0.536. The normalized spacial score (nSPS) is 28.0. The minimum atomic E-state index is -1.14. The zero-order valence-corrected chi connectivity index (χ0v) is 26.0. The number of carbonyl (C=O) groups is 3. The predicted molar refractivity (Wildman–Crippen MR) is 173 cm³/mol. The SMILES string of the molecule is C=CCN(C(=O)[C@@H]1[C@@H]2CCC3(O2)C(C(=O)N(CC=C)C2CCCCC2)N([C@@H](CO)Cc2ccccc2)C(=O)[C@H]13)c1ccccc1. The van der Waals surface area contributed by atoms with Gasteiger partial charge in [-0.2, -0.15) is 0 Å². The van der Waals surface area contributed by atoms with Crippen molar-refractivity contribution in [2.75, 3.05) is 24.6 Å². The molecular formula is C37H45N3O5. The van der Waals surface area contributed by atoms with Crippen LogP contribution in [0.15, 0.2) is 86.0 Å². The monoisotopic (exact) mass is 611 g/mol. The first-order valence-corrected chi connectivity index (χ1v) is 16.5. The van der Waals surface area contributed by atoms with Crippen LogP contribution < -0.4 is 4.90 Å². The molecule has 6 rings (SSSR count). The van der Waals surface area contributed by atoms with Crippen molar-refractivity contribution in [3.63, 3.8) is 0 Å². The van der Waals surface area contributed by atoms with Crippen LogP contribution in [-0.2, 0) is 25.5 Å². The highest BCUT2D eigenvalue weighted by Gasteiger charge is 2.75. The van der Waals surface area contributed by atoms with Gasteiger partial charge in [-0.3, -0.25) is 14.4 Å². The van der Waals surface area contributed by atoms with Gasteiger partial charge in [-0.1, -0.05) is 79.9 Å². The predicted octanol–water partition coefficient (Wildman–Crippen LogP) is 4.53. The number of likely N-dealkylation sites (tertiary alicyclic amines) is 1. The van der Waals surface area contributed by atoms with E-state index in [0.717, 1.165) is 43.4 Å². The third-order valence-corrected chi connectivity index (χ3v) is 10.4. The lowest BCUT2D eigenvalue weighted by Gasteiger charge is -2.42. The highest BCUT2D eigenvalue weighted by Crippen LogP contribution is 2.59. The Hall–Kier alpha value is -3.75. The fourth-order valence-corrected chi connectivity index (χ4v) is 8.53. The van der Waals surface area contributed by atoms with E-state index in [2.05, 4.69) is 13.2 Å². The Morgan fingerprint density at radius 2 is 1.62 bits per heavy atom. The molecule has 3 heterocycles. The molecule has 2 aromatic rings. The zero-order chi connectivity index (χ0) is 31.6. The summed E-state index contributed by atoms with van der Waals surface area (Å²) in [6, 6.07) is 17.6. The van der Waals surface area contributed by atoms with Gasteiger partial charge in [0.1, 0.15) is 11.6 Å². The second-order valence-corrected chi connectivity index (χ2v) is 13.0. The number of amides is 3. The van der Waals surface area contributed by atoms with E-state index < -0.39 is 35.6 Å². The van der Waals surface area contributed by atoms with Crippen LogP contribution >= 0.6 is 0 Å². The lowest BCUT2D eigenvalue weighted by molar-refractivity contribution is -0.153. The first-order chi connectivity index (χ1) is 21.9. The highest BCUT2D eigenvalue weighted by atomic mass is 16.5. The van der Waals surface area contributed by atoms with E-state index in [-0.39, 0.29) is 36.9 Å². The number of ether oxygens (including phenoxy) is 1. The van der Waals surface area contributed by atoms with Crippen molar-refractivity contribution >= 4 is 23.4 Å². The average Bonchev–Trinajstić information content (AvgIpc) is 3.73. The number of hydrogen-bond donors (Lipinski definition) is 1. The maximum atomic E-state index is 14.9. The second kappa shape index (κ2) is 13.3. The van der Waals surface area contributed by atoms with Crippen molar-refractivity contribution in [3.05, 3.63) is 91.5 Å². The Morgan fingerprint density at radius 3 is 2.27 bits per heavy atom. The summed E-state index contributed by atoms with van der Waals surface area (Å²) in [5, 5.41) is 10.8. The maximum absolute atomic E-state index is 14.9. The molecule has 45 heavy (non-hydrogen) atoms. The molecule has 3 aliphatic heterocycles. The standard InChI is InChI=1S/C37H45N3O5/c1-3-22-38(27-16-10-6-11-17-27)34(42)31-30-20-21-37(45-30)32(31)35(43)40(29(25-41)24-26-14-8-5-9-15-26)33(37)36(44)39(23-4-2)28-18-12-7-13-19-28/h3-6,8-11,14-17,28-33,41H,1-2,7,12-13,18-25H2/t29-,30+,31-,32+,33?,37?/m1/s1. The van der Waals surface area contributed by atoms with E-state index in [1.165, 1.54) is 0 Å². The largest absolute Gasteiger partial charge is 0.394 e. The number of benzene rings is 2. The minimum absolute atomic E-state index is 0.0514. The van der Waals surface area contributed by atoms with Crippen molar-refractivity contribution in [2.24, 2.45) is 11.8 Å². The van der Waals surface area contributed by atoms with Gasteiger partial charge in [0.15, 0.2) is 0 Å². The number of hydrogen-bond acceptors (Lipinski definition) is 5. The van der Waals surface area contributed by atoms with Gasteiger partial charge in [0, 0.05) is 24.8 Å². The van der Waals surface area contributed by atoms with Crippen LogP contribution in [0.4, 0.5) is 5.69 Å². The third-order valence-electron chi connectivity index (χ3n) is 10.4. The van der Waals surface area contributed by atoms with Crippen molar-refractivity contribution in [2.45, 2.75) is 81.2 Å². The highest BCUT2D eigenvalue weighted by molar-refractivity contribution is 6.03. The fraction of sp³-hybridized carbons (Fsp3) is 0.486. The molecule has 6 atom stereocenters. The van der Waals surface area contributed by atoms with Crippen LogP contribution in [0.5, 0.6) is 0 Å². The van der Waals surface area contributed by atoms with Gasteiger partial charge in [0.25, 0.3) is 0 Å². The average molecular weight is 612 g/mol. The van der Waals surface area contributed by atoms with Crippen molar-refractivity contribution in [1.29, 1.82) is 0 Å². The molecule has 0 radical (unpaired) electrons. The number of para-hydroxylation sites is 1. The molecule has 1 saturated carbocycles. The summed E-state index contributed by atoms with van der Waals surface area (Å²) in [6.07, 6.45) is 9.50. The summed E-state index contributed by atoms with van der Waals surface area (Å²) in [5.74, 6) is -2.21. The first-order valence-electron chi connectivity index (χ1n) is 16.5. The quantitative estimate of drug-likeness (QED) is 0.356. The molecular weight excluding hydrogens is 566 g/mol. The van der Waals surface area contributed by atoms with Crippen LogP contribution in [-0.4, -0.2) is 82.2 Å². The molecule has 2 bridgehead atoms. The Labute approximate surface area is 266 Å². The van der Waals surface area contributed by atoms with Gasteiger partial charge in [-0.15, -0.1) is 13.2 Å². The summed E-state index contributed by atoms with van der Waals surface area (Å²) < 4.78 is 6.79. The van der Waals surface area contributed by atoms with E-state index in [1.807, 2.05) is 65.6 Å². The molecule has 2 aromatic carbocycles. The van der Waals surface area contributed by atoms with E-state index in [1.54, 1.807) is 22.0 Å². The lowest BCUT2D eigenvalue weighted by atomic mass is 9.70. The number of aliphatic hydroxyl groups is 1. The number of fused-ring (bicyclic) bond motifs is 1. The smallest absolute Gasteiger partial charge is 0.248 e. The van der Waals surface area contributed by atoms with Gasteiger partial charge in [-0.05, 0) is 49.8 Å². The molecule has 4 aliphatic rings. The lowest BCUT2D eigenvalue weighted by Crippen LogP contribution is -2.60. The zero-order valence-electron chi connectivity index (χ0n) is 26.0. The summed E-state index contributed by atoms with van der Waals surface area (Å²) in [6.45, 7) is 8.18. The van der Waals surface area contributed by atoms with E-state index in [0.29, 0.717) is 25.8 Å². The van der Waals surface area contributed by atoms with E-state index in [4.69, 9.17) is 4.74 Å². The van der Waals surface area contributed by atoms with E-state index >= 15 is 0 Å². The molecule has 4 fully saturated rings. The maximum Gasteiger partial charge on any atom is 0.248 e. The van der Waals surface area contributed by atoms with Gasteiger partial charge >= 0.3 is 0 Å². The van der Waals surface area contributed by atoms with Crippen molar-refractivity contribution in [3.8, 4) is 0 Å². The number of carbonyl (C=O) groups excluding carboxylic acids is 3. The molecule has 1 N–H and O–H groups in total. The molecule has 0 aromatic heterocycles. The molecule has 238 valence electrons. The summed E-state index contributed by atoms with van der Waals surface area (Å²) in [4.78, 5) is 49.4. The summed E-state index contributed by atoms with van der Waals surface area (Å²) in [7, 11) is 0. The van der Waals surface area contributed by atoms with Crippen LogP contribution in [0.3, 0.4) is 0 Å². The van der Waals surface area contributed by atoms with Crippen molar-refractivity contribution < 1.29 is 24.2 Å². The van der Waals surface area contributed by atoms with Gasteiger partial charge < -0.3 is 24.5 Å². The topological polar surface area (TPSA) is 90.4 Å². The number of aliphatic hydroxyl groups excluding tert-OH is 1. The van der Waals surface area contributed by atoms with Crippen molar-refractivity contribution in [1.82, 2.24) is 9.80 Å². The molecule has 3 saturated heterocycles. The Balaban J connectivity index is 1.42. The number of anilines is 1. The van der Waals surface area contributed by atoms with Crippen LogP contribution in [0.25, 0.3) is 0 Å². The number of rotatable bonds is 12. The fourth-order valence-electron chi connectivity index (χ4n) is 8.53. The van der Waals surface area contributed by atoms with Gasteiger partial charge in [-0.25, -0.2) is 0 Å². The molecule has 1 aliphatic carbocycles. The van der Waals surface area contributed by atoms with Crippen LogP contribution in [0.2, 0.25) is 0 Å². The number of nitrogens with zero attached hydrogens (tertiary/aromatic N) is 3. The molecule has 8 heteroatoms. The molecule has 1 spiro atoms. The van der Waals surface area contributed by atoms with Crippen LogP contribution in [0, 0.1) is 11.8 Å². The third kappa shape index (κ3) is 5.52.